The lowest BCUT2D eigenvalue weighted by molar-refractivity contribution is 0.0878. The van der Waals surface area contributed by atoms with Crippen LogP contribution in [0, 0.1) is 11.7 Å². The van der Waals surface area contributed by atoms with Gasteiger partial charge >= 0.3 is 0 Å². The average molecular weight is 557 g/mol. The standard InChI is InChI=1S/C35H45FN4O/c1-25(26-11-5-2-6-12-26)37-35(41)33-30-16-15-28(36)23-32(30)38-34(27-13-7-3-8-14-27)31(33)24-39-21-17-29(18-22-39)40-19-9-4-10-20-40/h3,7-8,13-16,23,25-26,29H,2,4-6,9-12,17-22,24H2,1H3,(H,37,41)/t25-/m0/s1. The van der Waals surface area contributed by atoms with Crippen molar-refractivity contribution < 1.29 is 9.18 Å². The van der Waals surface area contributed by atoms with E-state index in [2.05, 4.69) is 22.0 Å². The van der Waals surface area contributed by atoms with Gasteiger partial charge in [-0.1, -0.05) is 56.0 Å². The van der Waals surface area contributed by atoms with Crippen LogP contribution in [0.15, 0.2) is 48.5 Å². The quantitative estimate of drug-likeness (QED) is 0.335. The van der Waals surface area contributed by atoms with Gasteiger partial charge in [-0.15, -0.1) is 0 Å². The Morgan fingerprint density at radius 3 is 2.37 bits per heavy atom. The summed E-state index contributed by atoms with van der Waals surface area (Å²) in [4.78, 5) is 24.5. The first-order chi connectivity index (χ1) is 20.1. The number of fused-ring (bicyclic) bond motifs is 1. The van der Waals surface area contributed by atoms with Crippen LogP contribution in [0.3, 0.4) is 0 Å². The number of amides is 1. The number of pyridine rings is 1. The second-order valence-corrected chi connectivity index (χ2v) is 12.6. The van der Waals surface area contributed by atoms with Gasteiger partial charge in [-0.25, -0.2) is 9.37 Å². The van der Waals surface area contributed by atoms with Gasteiger partial charge < -0.3 is 10.2 Å². The Hall–Kier alpha value is -2.83. The third-order valence-electron chi connectivity index (χ3n) is 9.88. The van der Waals surface area contributed by atoms with Crippen molar-refractivity contribution in [3.8, 4) is 11.3 Å². The predicted molar refractivity (Wildman–Crippen MR) is 164 cm³/mol. The molecular weight excluding hydrogens is 511 g/mol. The van der Waals surface area contributed by atoms with E-state index in [1.165, 1.54) is 63.7 Å². The highest BCUT2D eigenvalue weighted by Crippen LogP contribution is 2.34. The van der Waals surface area contributed by atoms with Crippen LogP contribution in [-0.2, 0) is 6.54 Å². The summed E-state index contributed by atoms with van der Waals surface area (Å²) in [5, 5.41) is 4.13. The lowest BCUT2D eigenvalue weighted by Gasteiger charge is -2.40. The number of rotatable bonds is 7. The van der Waals surface area contributed by atoms with Crippen LogP contribution < -0.4 is 5.32 Å². The highest BCUT2D eigenvalue weighted by atomic mass is 19.1. The van der Waals surface area contributed by atoms with E-state index in [9.17, 15) is 9.18 Å². The summed E-state index contributed by atoms with van der Waals surface area (Å²) >= 11 is 0. The highest BCUT2D eigenvalue weighted by molar-refractivity contribution is 6.09. The van der Waals surface area contributed by atoms with Crippen molar-refractivity contribution in [3.63, 3.8) is 0 Å². The van der Waals surface area contributed by atoms with E-state index in [0.29, 0.717) is 29.6 Å². The number of hydrogen-bond donors (Lipinski definition) is 1. The second kappa shape index (κ2) is 13.0. The van der Waals surface area contributed by atoms with Gasteiger partial charge in [0.15, 0.2) is 0 Å². The largest absolute Gasteiger partial charge is 0.349 e. The van der Waals surface area contributed by atoms with Crippen LogP contribution in [-0.4, -0.2) is 59.0 Å². The fourth-order valence-electron chi connectivity index (χ4n) is 7.51. The lowest BCUT2D eigenvalue weighted by atomic mass is 9.84. The molecular formula is C35H45FN4O. The molecule has 3 fully saturated rings. The maximum absolute atomic E-state index is 14.5. The first-order valence-corrected chi connectivity index (χ1v) is 16.0. The van der Waals surface area contributed by atoms with Gasteiger partial charge in [0.05, 0.1) is 16.8 Å². The summed E-state index contributed by atoms with van der Waals surface area (Å²) in [5.41, 5.74) is 3.91. The molecule has 218 valence electrons. The first-order valence-electron chi connectivity index (χ1n) is 16.0. The average Bonchev–Trinajstić information content (AvgIpc) is 3.02. The Balaban J connectivity index is 1.35. The van der Waals surface area contributed by atoms with Gasteiger partial charge in [-0.3, -0.25) is 9.69 Å². The van der Waals surface area contributed by atoms with Crippen molar-refractivity contribution in [2.75, 3.05) is 26.2 Å². The maximum Gasteiger partial charge on any atom is 0.252 e. The Labute approximate surface area is 244 Å². The zero-order valence-corrected chi connectivity index (χ0v) is 24.6. The van der Waals surface area contributed by atoms with Crippen molar-refractivity contribution in [2.45, 2.75) is 89.8 Å². The minimum absolute atomic E-state index is 0.0579. The normalized spacial score (nSPS) is 20.7. The van der Waals surface area contributed by atoms with Crippen molar-refractivity contribution in [1.29, 1.82) is 0 Å². The van der Waals surface area contributed by atoms with Crippen LogP contribution in [0.5, 0.6) is 0 Å². The van der Waals surface area contributed by atoms with Crippen LogP contribution in [0.2, 0.25) is 0 Å². The molecule has 1 aromatic heterocycles. The second-order valence-electron chi connectivity index (χ2n) is 12.6. The fourth-order valence-corrected chi connectivity index (χ4v) is 7.51. The summed E-state index contributed by atoms with van der Waals surface area (Å²) in [6.07, 6.45) is 12.4. The molecule has 2 aliphatic heterocycles. The monoisotopic (exact) mass is 556 g/mol. The molecule has 0 spiro atoms. The molecule has 3 aromatic rings. The van der Waals surface area contributed by atoms with E-state index in [1.807, 2.05) is 30.3 Å². The van der Waals surface area contributed by atoms with Crippen molar-refractivity contribution >= 4 is 16.8 Å². The number of halogens is 1. The maximum atomic E-state index is 14.5. The molecule has 1 N–H and O–H groups in total. The molecule has 0 bridgehead atoms. The minimum atomic E-state index is -0.335. The number of carbonyl (C=O) groups is 1. The predicted octanol–water partition coefficient (Wildman–Crippen LogP) is 7.19. The van der Waals surface area contributed by atoms with Gasteiger partial charge in [0.1, 0.15) is 5.82 Å². The van der Waals surface area contributed by atoms with Crippen LogP contribution in [0.4, 0.5) is 4.39 Å². The summed E-state index contributed by atoms with van der Waals surface area (Å²) in [6.45, 7) is 7.31. The van der Waals surface area contributed by atoms with E-state index in [4.69, 9.17) is 4.98 Å². The van der Waals surface area contributed by atoms with Gasteiger partial charge in [-0.05, 0) is 89.7 Å². The molecule has 1 saturated carbocycles. The number of hydrogen-bond acceptors (Lipinski definition) is 4. The molecule has 3 heterocycles. The number of nitrogens with one attached hydrogen (secondary N) is 1. The van der Waals surface area contributed by atoms with Crippen molar-refractivity contribution in [3.05, 3.63) is 65.5 Å². The molecule has 1 atom stereocenters. The number of nitrogens with zero attached hydrogens (tertiary/aromatic N) is 3. The van der Waals surface area contributed by atoms with E-state index >= 15 is 0 Å². The lowest BCUT2D eigenvalue weighted by Crippen LogP contribution is -2.46. The summed E-state index contributed by atoms with van der Waals surface area (Å²) in [5.74, 6) is 0.111. The molecule has 1 amide bonds. The Bertz CT molecular complexity index is 1330. The van der Waals surface area contributed by atoms with E-state index in [0.717, 1.165) is 61.0 Å². The molecule has 0 unspecified atom stereocenters. The van der Waals surface area contributed by atoms with Crippen molar-refractivity contribution in [1.82, 2.24) is 20.1 Å². The molecule has 6 heteroatoms. The Kier molecular flexibility index (Phi) is 8.97. The smallest absolute Gasteiger partial charge is 0.252 e. The number of piperidine rings is 2. The molecule has 6 rings (SSSR count). The minimum Gasteiger partial charge on any atom is -0.349 e. The molecule has 0 radical (unpaired) electrons. The number of aromatic nitrogens is 1. The fraction of sp³-hybridized carbons (Fsp3) is 0.543. The van der Waals surface area contributed by atoms with Crippen molar-refractivity contribution in [2.24, 2.45) is 5.92 Å². The van der Waals surface area contributed by atoms with E-state index in [1.54, 1.807) is 6.07 Å². The molecule has 2 aromatic carbocycles. The SMILES string of the molecule is C[C@H](NC(=O)c1c(CN2CCC(N3CCCCC3)CC2)c(-c2ccccc2)nc2cc(F)ccc12)C1CCCCC1. The van der Waals surface area contributed by atoms with Gasteiger partial charge in [0.2, 0.25) is 0 Å². The zero-order valence-electron chi connectivity index (χ0n) is 24.6. The number of benzene rings is 2. The van der Waals surface area contributed by atoms with Gasteiger partial charge in [0.25, 0.3) is 5.91 Å². The van der Waals surface area contributed by atoms with Crippen LogP contribution >= 0.6 is 0 Å². The summed E-state index contributed by atoms with van der Waals surface area (Å²) in [6, 6.07) is 15.5. The zero-order chi connectivity index (χ0) is 28.2. The van der Waals surface area contributed by atoms with Crippen LogP contribution in [0.1, 0.15) is 87.1 Å². The molecule has 1 aliphatic carbocycles. The summed E-state index contributed by atoms with van der Waals surface area (Å²) < 4.78 is 14.5. The molecule has 3 aliphatic rings. The molecule has 5 nitrogen and oxygen atoms in total. The molecule has 2 saturated heterocycles. The molecule has 41 heavy (non-hydrogen) atoms. The topological polar surface area (TPSA) is 48.5 Å². The van der Waals surface area contributed by atoms with Gasteiger partial charge in [0, 0.05) is 41.2 Å². The first kappa shape index (κ1) is 28.3. The third kappa shape index (κ3) is 6.49. The van der Waals surface area contributed by atoms with Gasteiger partial charge in [-0.2, -0.15) is 0 Å². The summed E-state index contributed by atoms with van der Waals surface area (Å²) in [7, 11) is 0. The van der Waals surface area contributed by atoms with E-state index < -0.39 is 0 Å². The Morgan fingerprint density at radius 1 is 0.927 bits per heavy atom. The number of carbonyl (C=O) groups excluding carboxylic acids is 1. The highest BCUT2D eigenvalue weighted by Gasteiger charge is 2.30. The Morgan fingerprint density at radius 2 is 1.63 bits per heavy atom. The third-order valence-corrected chi connectivity index (χ3v) is 9.88. The van der Waals surface area contributed by atoms with E-state index in [-0.39, 0.29) is 17.8 Å². The van der Waals surface area contributed by atoms with Crippen LogP contribution in [0.25, 0.3) is 22.2 Å². The number of likely N-dealkylation sites (tertiary alicyclic amines) is 2.